The maximum Gasteiger partial charge on any atom is 0.201 e. The van der Waals surface area contributed by atoms with Crippen molar-refractivity contribution in [1.82, 2.24) is 9.97 Å². The molecule has 6 nitrogen and oxygen atoms in total. The van der Waals surface area contributed by atoms with Crippen LogP contribution in [0.3, 0.4) is 0 Å². The predicted octanol–water partition coefficient (Wildman–Crippen LogP) is 3.96. The van der Waals surface area contributed by atoms with Gasteiger partial charge in [0.05, 0.1) is 31.2 Å². The molecule has 0 N–H and O–H groups in total. The largest absolute Gasteiger partial charge is 0.493 e. The molecule has 0 amide bonds. The monoisotopic (exact) mass is 454 g/mol. The highest BCUT2D eigenvalue weighted by molar-refractivity contribution is 9.10. The minimum Gasteiger partial charge on any atom is -0.493 e. The number of para-hydroxylation sites is 1. The number of benzene rings is 1. The normalized spacial score (nSPS) is 11.3. The fourth-order valence-corrected chi connectivity index (χ4v) is 4.72. The average molecular weight is 455 g/mol. The van der Waals surface area contributed by atoms with Crippen LogP contribution in [0.5, 0.6) is 11.5 Å². The molecule has 9 heteroatoms. The van der Waals surface area contributed by atoms with Crippen LogP contribution in [-0.4, -0.2) is 32.6 Å². The Morgan fingerprint density at radius 1 is 1.15 bits per heavy atom. The topological polar surface area (TPSA) is 78.4 Å². The number of thiazole rings is 1. The third-order valence-electron chi connectivity index (χ3n) is 3.54. The van der Waals surface area contributed by atoms with Gasteiger partial charge in [-0.3, -0.25) is 0 Å². The van der Waals surface area contributed by atoms with Crippen molar-refractivity contribution < 1.29 is 17.9 Å². The van der Waals surface area contributed by atoms with Crippen molar-refractivity contribution in [2.75, 3.05) is 14.2 Å². The van der Waals surface area contributed by atoms with E-state index in [4.69, 9.17) is 9.47 Å². The van der Waals surface area contributed by atoms with E-state index in [1.165, 1.54) is 23.6 Å². The van der Waals surface area contributed by atoms with E-state index in [0.717, 1.165) is 10.0 Å². The molecule has 26 heavy (non-hydrogen) atoms. The smallest absolute Gasteiger partial charge is 0.201 e. The van der Waals surface area contributed by atoms with E-state index in [2.05, 4.69) is 25.9 Å². The van der Waals surface area contributed by atoms with E-state index in [9.17, 15) is 8.42 Å². The fourth-order valence-electron chi connectivity index (χ4n) is 2.37. The number of pyridine rings is 1. The van der Waals surface area contributed by atoms with Crippen LogP contribution in [0, 0.1) is 0 Å². The van der Waals surface area contributed by atoms with Gasteiger partial charge < -0.3 is 9.47 Å². The SMILES string of the molecule is COc1cccc(-c2nc(CS(=O)(=O)c3ccc(Br)cn3)cs2)c1OC. The first-order valence-corrected chi connectivity index (χ1v) is 10.8. The zero-order valence-corrected chi connectivity index (χ0v) is 17.2. The maximum absolute atomic E-state index is 12.5. The van der Waals surface area contributed by atoms with Gasteiger partial charge in [0.1, 0.15) is 5.01 Å². The minimum absolute atomic E-state index is 0.0224. The fraction of sp³-hybridized carbons (Fsp3) is 0.176. The summed E-state index contributed by atoms with van der Waals surface area (Å²) in [6.45, 7) is 0. The molecule has 0 fully saturated rings. The molecule has 136 valence electrons. The molecule has 0 aliphatic carbocycles. The second-order valence-corrected chi connectivity index (χ2v) is 8.97. The van der Waals surface area contributed by atoms with Crippen molar-refractivity contribution in [3.63, 3.8) is 0 Å². The molecular formula is C17H15BrN2O4S2. The van der Waals surface area contributed by atoms with Crippen molar-refractivity contribution in [2.45, 2.75) is 10.8 Å². The summed E-state index contributed by atoms with van der Waals surface area (Å²) in [7, 11) is -0.454. The molecule has 0 spiro atoms. The summed E-state index contributed by atoms with van der Waals surface area (Å²) in [5.74, 6) is 0.937. The van der Waals surface area contributed by atoms with Gasteiger partial charge in [-0.15, -0.1) is 11.3 Å². The number of rotatable bonds is 6. The molecule has 1 aromatic carbocycles. The Labute approximate surface area is 163 Å². The molecular weight excluding hydrogens is 440 g/mol. The first kappa shape index (κ1) is 18.8. The standard InChI is InChI=1S/C17H15BrN2O4S2/c1-23-14-5-3-4-13(16(14)24-2)17-20-12(9-25-17)10-26(21,22)15-7-6-11(18)8-19-15/h3-9H,10H2,1-2H3. The van der Waals surface area contributed by atoms with E-state index >= 15 is 0 Å². The molecule has 2 heterocycles. The Bertz CT molecular complexity index is 1020. The lowest BCUT2D eigenvalue weighted by atomic mass is 10.2. The van der Waals surface area contributed by atoms with Crippen LogP contribution in [0.25, 0.3) is 10.6 Å². The number of hydrogen-bond donors (Lipinski definition) is 0. The van der Waals surface area contributed by atoms with Crippen molar-refractivity contribution in [2.24, 2.45) is 0 Å². The summed E-state index contributed by atoms with van der Waals surface area (Å²) in [4.78, 5) is 8.42. The molecule has 0 aliphatic heterocycles. The number of ether oxygens (including phenoxy) is 2. The summed E-state index contributed by atoms with van der Waals surface area (Å²) in [5.41, 5.74) is 1.21. The van der Waals surface area contributed by atoms with Crippen LogP contribution in [0.15, 0.2) is 51.4 Å². The molecule has 0 saturated heterocycles. The second-order valence-electron chi connectivity index (χ2n) is 5.26. The van der Waals surface area contributed by atoms with Crippen LogP contribution in [0.4, 0.5) is 0 Å². The first-order chi connectivity index (χ1) is 12.4. The Morgan fingerprint density at radius 3 is 2.62 bits per heavy atom. The highest BCUT2D eigenvalue weighted by Gasteiger charge is 2.20. The van der Waals surface area contributed by atoms with Crippen molar-refractivity contribution in [3.8, 4) is 22.1 Å². The molecule has 3 aromatic rings. The number of aromatic nitrogens is 2. The van der Waals surface area contributed by atoms with E-state index in [1.54, 1.807) is 31.7 Å². The van der Waals surface area contributed by atoms with Gasteiger partial charge in [0, 0.05) is 16.0 Å². The zero-order chi connectivity index (χ0) is 18.7. The number of halogens is 1. The van der Waals surface area contributed by atoms with E-state index in [1.807, 2.05) is 12.1 Å². The van der Waals surface area contributed by atoms with Crippen molar-refractivity contribution >= 4 is 37.1 Å². The molecule has 0 bridgehead atoms. The molecule has 0 radical (unpaired) electrons. The highest BCUT2D eigenvalue weighted by atomic mass is 79.9. The number of methoxy groups -OCH3 is 2. The summed E-state index contributed by atoms with van der Waals surface area (Å²) >= 11 is 4.59. The van der Waals surface area contributed by atoms with Gasteiger partial charge in [-0.05, 0) is 40.2 Å². The Balaban J connectivity index is 1.90. The van der Waals surface area contributed by atoms with Gasteiger partial charge in [0.2, 0.25) is 9.84 Å². The summed E-state index contributed by atoms with van der Waals surface area (Å²) in [6.07, 6.45) is 1.46. The lowest BCUT2D eigenvalue weighted by Crippen LogP contribution is -2.07. The Hall–Kier alpha value is -1.97. The molecule has 3 rings (SSSR count). The quantitative estimate of drug-likeness (QED) is 0.560. The van der Waals surface area contributed by atoms with Gasteiger partial charge in [-0.25, -0.2) is 18.4 Å². The number of nitrogens with zero attached hydrogens (tertiary/aromatic N) is 2. The van der Waals surface area contributed by atoms with Crippen LogP contribution in [0.1, 0.15) is 5.69 Å². The molecule has 0 saturated carbocycles. The van der Waals surface area contributed by atoms with Gasteiger partial charge in [-0.2, -0.15) is 0 Å². The molecule has 0 aliphatic rings. The molecule has 2 aromatic heterocycles. The highest BCUT2D eigenvalue weighted by Crippen LogP contribution is 2.39. The lowest BCUT2D eigenvalue weighted by molar-refractivity contribution is 0.356. The number of sulfone groups is 1. The third kappa shape index (κ3) is 3.89. The lowest BCUT2D eigenvalue weighted by Gasteiger charge is -2.10. The third-order valence-corrected chi connectivity index (χ3v) is 6.49. The van der Waals surface area contributed by atoms with Gasteiger partial charge in [0.15, 0.2) is 16.5 Å². The molecule has 0 unspecified atom stereocenters. The van der Waals surface area contributed by atoms with E-state index in [0.29, 0.717) is 22.2 Å². The van der Waals surface area contributed by atoms with Crippen LogP contribution >= 0.6 is 27.3 Å². The second kappa shape index (κ2) is 7.73. The van der Waals surface area contributed by atoms with Crippen LogP contribution in [0.2, 0.25) is 0 Å². The van der Waals surface area contributed by atoms with Gasteiger partial charge in [-0.1, -0.05) is 6.07 Å². The van der Waals surface area contributed by atoms with Crippen molar-refractivity contribution in [1.29, 1.82) is 0 Å². The summed E-state index contributed by atoms with van der Waals surface area (Å²) in [5, 5.41) is 2.41. The Kier molecular flexibility index (Phi) is 5.59. The summed E-state index contributed by atoms with van der Waals surface area (Å²) < 4.78 is 36.5. The maximum atomic E-state index is 12.5. The van der Waals surface area contributed by atoms with E-state index in [-0.39, 0.29) is 10.8 Å². The number of hydrogen-bond acceptors (Lipinski definition) is 7. The van der Waals surface area contributed by atoms with Gasteiger partial charge >= 0.3 is 0 Å². The van der Waals surface area contributed by atoms with Crippen molar-refractivity contribution in [3.05, 3.63) is 52.1 Å². The van der Waals surface area contributed by atoms with Gasteiger partial charge in [0.25, 0.3) is 0 Å². The minimum atomic E-state index is -3.57. The summed E-state index contributed by atoms with van der Waals surface area (Å²) in [6, 6.07) is 8.60. The van der Waals surface area contributed by atoms with E-state index < -0.39 is 9.84 Å². The molecule has 0 atom stereocenters. The van der Waals surface area contributed by atoms with Crippen LogP contribution in [-0.2, 0) is 15.6 Å². The predicted molar refractivity (Wildman–Crippen MR) is 103 cm³/mol. The first-order valence-electron chi connectivity index (χ1n) is 7.44. The van der Waals surface area contributed by atoms with Crippen LogP contribution < -0.4 is 9.47 Å². The zero-order valence-electron chi connectivity index (χ0n) is 14.0. The Morgan fingerprint density at radius 2 is 1.96 bits per heavy atom. The average Bonchev–Trinajstić information content (AvgIpc) is 3.08.